The maximum absolute atomic E-state index is 12.0. The van der Waals surface area contributed by atoms with Gasteiger partial charge in [0.05, 0.1) is 11.7 Å². The summed E-state index contributed by atoms with van der Waals surface area (Å²) < 4.78 is 12.2. The van der Waals surface area contributed by atoms with Gasteiger partial charge >= 0.3 is 0 Å². The summed E-state index contributed by atoms with van der Waals surface area (Å²) in [4.78, 5) is 15.8. The van der Waals surface area contributed by atoms with Crippen LogP contribution in [-0.4, -0.2) is 16.7 Å². The molecule has 5 heteroatoms. The summed E-state index contributed by atoms with van der Waals surface area (Å²) in [6.07, 6.45) is 4.72. The van der Waals surface area contributed by atoms with Crippen LogP contribution in [0.15, 0.2) is 52.3 Å². The average Bonchev–Trinajstić information content (AvgIpc) is 2.96. The summed E-state index contributed by atoms with van der Waals surface area (Å²) in [5.74, 6) is 0.642. The minimum absolute atomic E-state index is 0.0243. The molecule has 0 aliphatic heterocycles. The number of rotatable bonds is 3. The van der Waals surface area contributed by atoms with Gasteiger partial charge in [-0.15, -0.1) is 0 Å². The summed E-state index contributed by atoms with van der Waals surface area (Å²) in [7, 11) is 1.62. The van der Waals surface area contributed by atoms with E-state index in [1.807, 2.05) is 22.8 Å². The summed E-state index contributed by atoms with van der Waals surface area (Å²) in [6, 6.07) is 7.12. The Balaban J connectivity index is 2.23. The van der Waals surface area contributed by atoms with Crippen molar-refractivity contribution in [2.24, 2.45) is 0 Å². The van der Waals surface area contributed by atoms with Crippen LogP contribution >= 0.6 is 0 Å². The lowest BCUT2D eigenvalue weighted by molar-refractivity contribution is 0.134. The highest BCUT2D eigenvalue weighted by molar-refractivity contribution is 5.83. The van der Waals surface area contributed by atoms with E-state index in [1.165, 1.54) is 12.5 Å². The largest absolute Gasteiger partial charge is 0.444 e. The molecule has 96 valence electrons. The number of fused-ring (bicyclic) bond motifs is 1. The number of benzene rings is 1. The number of nitrogens with zero attached hydrogens (tertiary/aromatic N) is 2. The summed E-state index contributed by atoms with van der Waals surface area (Å²) in [5.41, 5.74) is 1.64. The van der Waals surface area contributed by atoms with Gasteiger partial charge in [-0.2, -0.15) is 0 Å². The van der Waals surface area contributed by atoms with E-state index in [9.17, 15) is 4.79 Å². The van der Waals surface area contributed by atoms with Crippen molar-refractivity contribution in [2.45, 2.75) is 6.73 Å². The third-order valence-corrected chi connectivity index (χ3v) is 2.96. The van der Waals surface area contributed by atoms with Crippen molar-refractivity contribution in [1.82, 2.24) is 9.55 Å². The Labute approximate surface area is 109 Å². The molecule has 0 atom stereocenters. The molecule has 1 aromatic carbocycles. The van der Waals surface area contributed by atoms with E-state index in [0.717, 1.165) is 11.1 Å². The first-order chi connectivity index (χ1) is 9.29. The fourth-order valence-electron chi connectivity index (χ4n) is 2.07. The highest BCUT2D eigenvalue weighted by Crippen LogP contribution is 2.22. The predicted molar refractivity (Wildman–Crippen MR) is 70.7 cm³/mol. The second-order valence-corrected chi connectivity index (χ2v) is 4.17. The van der Waals surface area contributed by atoms with Crippen LogP contribution in [0.5, 0.6) is 0 Å². The fraction of sp³-hybridized carbons (Fsp3) is 0.143. The molecule has 0 bridgehead atoms. The van der Waals surface area contributed by atoms with Crippen LogP contribution in [0.25, 0.3) is 22.2 Å². The maximum atomic E-state index is 12.0. The van der Waals surface area contributed by atoms with Crippen molar-refractivity contribution in [2.75, 3.05) is 7.11 Å². The highest BCUT2D eigenvalue weighted by Gasteiger charge is 2.07. The molecule has 0 unspecified atom stereocenters. The van der Waals surface area contributed by atoms with Gasteiger partial charge in [-0.05, 0) is 18.2 Å². The second-order valence-electron chi connectivity index (χ2n) is 4.17. The number of oxazole rings is 1. The molecule has 0 fully saturated rings. The van der Waals surface area contributed by atoms with Crippen LogP contribution < -0.4 is 5.43 Å². The molecule has 3 rings (SSSR count). The van der Waals surface area contributed by atoms with Crippen molar-refractivity contribution >= 4 is 10.9 Å². The van der Waals surface area contributed by atoms with Crippen molar-refractivity contribution in [3.05, 3.63) is 53.3 Å². The second kappa shape index (κ2) is 4.70. The van der Waals surface area contributed by atoms with Gasteiger partial charge in [0, 0.05) is 30.3 Å². The third-order valence-electron chi connectivity index (χ3n) is 2.96. The summed E-state index contributed by atoms with van der Waals surface area (Å²) >= 11 is 0. The molecule has 0 spiro atoms. The zero-order chi connectivity index (χ0) is 13.2. The van der Waals surface area contributed by atoms with Crippen LogP contribution in [0.3, 0.4) is 0 Å². The maximum Gasteiger partial charge on any atom is 0.189 e. The molecule has 2 heterocycles. The van der Waals surface area contributed by atoms with Crippen molar-refractivity contribution < 1.29 is 9.15 Å². The van der Waals surface area contributed by atoms with Crippen molar-refractivity contribution in [1.29, 1.82) is 0 Å². The van der Waals surface area contributed by atoms with Crippen molar-refractivity contribution in [3.8, 4) is 11.3 Å². The number of hydrogen-bond donors (Lipinski definition) is 0. The molecule has 0 saturated carbocycles. The average molecular weight is 256 g/mol. The van der Waals surface area contributed by atoms with Crippen molar-refractivity contribution in [3.63, 3.8) is 0 Å². The monoisotopic (exact) mass is 256 g/mol. The fourth-order valence-corrected chi connectivity index (χ4v) is 2.07. The quantitative estimate of drug-likeness (QED) is 0.721. The minimum Gasteiger partial charge on any atom is -0.444 e. The Hall–Kier alpha value is -2.40. The highest BCUT2D eigenvalue weighted by atomic mass is 16.5. The Kier molecular flexibility index (Phi) is 2.89. The molecule has 19 heavy (non-hydrogen) atoms. The molecular weight excluding hydrogens is 244 g/mol. The van der Waals surface area contributed by atoms with Gasteiger partial charge in [0.1, 0.15) is 6.73 Å². The number of methoxy groups -OCH3 is 1. The zero-order valence-electron chi connectivity index (χ0n) is 10.4. The van der Waals surface area contributed by atoms with Gasteiger partial charge in [-0.25, -0.2) is 4.98 Å². The lowest BCUT2D eigenvalue weighted by Crippen LogP contribution is -2.09. The van der Waals surface area contributed by atoms with Crippen LogP contribution in [0.1, 0.15) is 0 Å². The Bertz CT molecular complexity index is 760. The van der Waals surface area contributed by atoms with Gasteiger partial charge in [0.15, 0.2) is 17.6 Å². The Morgan fingerprint density at radius 3 is 3.00 bits per heavy atom. The van der Waals surface area contributed by atoms with E-state index in [-0.39, 0.29) is 5.43 Å². The van der Waals surface area contributed by atoms with Crippen LogP contribution in [0.2, 0.25) is 0 Å². The molecule has 0 radical (unpaired) electrons. The molecule has 5 nitrogen and oxygen atoms in total. The summed E-state index contributed by atoms with van der Waals surface area (Å²) in [5, 5.41) is 0.633. The standard InChI is InChI=1S/C14H12N2O3/c1-18-9-16-5-4-13(17)11-6-10(2-3-12(11)16)14-7-15-8-19-14/h2-8H,9H2,1H3. The van der Waals surface area contributed by atoms with Gasteiger partial charge in [0.25, 0.3) is 0 Å². The van der Waals surface area contributed by atoms with Crippen LogP contribution in [-0.2, 0) is 11.5 Å². The smallest absolute Gasteiger partial charge is 0.189 e. The van der Waals surface area contributed by atoms with Gasteiger partial charge < -0.3 is 13.7 Å². The zero-order valence-corrected chi connectivity index (χ0v) is 10.4. The third kappa shape index (κ3) is 2.04. The van der Waals surface area contributed by atoms with Crippen LogP contribution in [0.4, 0.5) is 0 Å². The van der Waals surface area contributed by atoms with Gasteiger partial charge in [-0.3, -0.25) is 4.79 Å². The van der Waals surface area contributed by atoms with E-state index >= 15 is 0 Å². The Morgan fingerprint density at radius 2 is 2.26 bits per heavy atom. The Morgan fingerprint density at radius 1 is 1.37 bits per heavy atom. The molecule has 0 aliphatic carbocycles. The topological polar surface area (TPSA) is 57.3 Å². The molecular formula is C14H12N2O3. The number of hydrogen-bond acceptors (Lipinski definition) is 4. The lowest BCUT2D eigenvalue weighted by Gasteiger charge is -2.09. The first-order valence-electron chi connectivity index (χ1n) is 5.80. The molecule has 3 aromatic rings. The SMILES string of the molecule is COCn1ccc(=O)c2cc(-c3cnco3)ccc21. The number of ether oxygens (including phenoxy) is 1. The number of pyridine rings is 1. The molecule has 0 N–H and O–H groups in total. The van der Waals surface area contributed by atoms with E-state index < -0.39 is 0 Å². The lowest BCUT2D eigenvalue weighted by atomic mass is 10.1. The van der Waals surface area contributed by atoms with E-state index in [0.29, 0.717) is 17.9 Å². The van der Waals surface area contributed by atoms with Gasteiger partial charge in [0.2, 0.25) is 0 Å². The minimum atomic E-state index is -0.0243. The van der Waals surface area contributed by atoms with Crippen LogP contribution in [0, 0.1) is 0 Å². The summed E-state index contributed by atoms with van der Waals surface area (Å²) in [6.45, 7) is 0.401. The van der Waals surface area contributed by atoms with Gasteiger partial charge in [-0.1, -0.05) is 0 Å². The molecule has 2 aromatic heterocycles. The van der Waals surface area contributed by atoms with E-state index in [2.05, 4.69) is 4.98 Å². The normalized spacial score (nSPS) is 11.0. The molecule has 0 amide bonds. The molecule has 0 aliphatic rings. The number of aromatic nitrogens is 2. The first-order valence-corrected chi connectivity index (χ1v) is 5.80. The molecule has 0 saturated heterocycles. The first kappa shape index (κ1) is 11.7. The van der Waals surface area contributed by atoms with E-state index in [4.69, 9.17) is 9.15 Å². The van der Waals surface area contributed by atoms with E-state index in [1.54, 1.807) is 19.5 Å². The predicted octanol–water partition coefficient (Wildman–Crippen LogP) is 2.26.